The number of hydrogen-bond donors (Lipinski definition) is 1. The van der Waals surface area contributed by atoms with Crippen LogP contribution in [0.5, 0.6) is 0 Å². The molecule has 206 valence electrons. The van der Waals surface area contributed by atoms with Crippen LogP contribution in [0.1, 0.15) is 40.9 Å². The molecule has 1 amide bonds. The Balaban J connectivity index is 1.19. The lowest BCUT2D eigenvalue weighted by Crippen LogP contribution is -2.32. The van der Waals surface area contributed by atoms with Crippen LogP contribution in [0.15, 0.2) is 65.7 Å². The standard InChI is InChI=1S/C30H31N5O4S/c1-20-7-8-21(15-27(20)40(2,37)38)29(36)32-18-23-16-26-22(17-31-23)9-10-25(33-26)24-5-3-6-28(34-24)35-13-12-30(19-35)11-4-14-39-30/h3,5-10,15-17H,4,11-14,18-19H2,1-2H3,(H,32,36)/t30-/m0/s1. The fourth-order valence-corrected chi connectivity index (χ4v) is 6.56. The van der Waals surface area contributed by atoms with Gasteiger partial charge in [0.2, 0.25) is 0 Å². The minimum atomic E-state index is -3.43. The summed E-state index contributed by atoms with van der Waals surface area (Å²) >= 11 is 0. The Bertz CT molecular complexity index is 1720. The number of amides is 1. The molecule has 0 unspecified atom stereocenters. The highest BCUT2D eigenvalue weighted by Gasteiger charge is 2.42. The van der Waals surface area contributed by atoms with Gasteiger partial charge in [-0.3, -0.25) is 9.78 Å². The molecule has 0 saturated carbocycles. The second-order valence-electron chi connectivity index (χ2n) is 10.7. The second-order valence-corrected chi connectivity index (χ2v) is 12.7. The molecule has 40 heavy (non-hydrogen) atoms. The van der Waals surface area contributed by atoms with E-state index in [-0.39, 0.29) is 28.5 Å². The third-order valence-electron chi connectivity index (χ3n) is 7.73. The summed E-state index contributed by atoms with van der Waals surface area (Å²) in [5.41, 5.74) is 3.80. The van der Waals surface area contributed by atoms with Crippen molar-refractivity contribution in [3.05, 3.63) is 77.6 Å². The molecular weight excluding hydrogens is 526 g/mol. The van der Waals surface area contributed by atoms with E-state index in [1.54, 1.807) is 25.3 Å². The highest BCUT2D eigenvalue weighted by molar-refractivity contribution is 7.90. The Morgan fingerprint density at radius 1 is 1.07 bits per heavy atom. The molecule has 2 aliphatic heterocycles. The van der Waals surface area contributed by atoms with E-state index in [4.69, 9.17) is 14.7 Å². The van der Waals surface area contributed by atoms with Crippen molar-refractivity contribution in [2.75, 3.05) is 30.9 Å². The number of hydrogen-bond acceptors (Lipinski definition) is 8. The predicted molar refractivity (Wildman–Crippen MR) is 153 cm³/mol. The number of carbonyl (C=O) groups is 1. The SMILES string of the molecule is Cc1ccc(C(=O)NCc2cc3nc(-c4cccc(N5CC[C@@]6(CCCO6)C5)n4)ccc3cn2)cc1S(C)(=O)=O. The summed E-state index contributed by atoms with van der Waals surface area (Å²) in [6, 6.07) is 16.4. The lowest BCUT2D eigenvalue weighted by Gasteiger charge is -2.23. The minimum Gasteiger partial charge on any atom is -0.373 e. The molecule has 2 saturated heterocycles. The Morgan fingerprint density at radius 2 is 1.93 bits per heavy atom. The van der Waals surface area contributed by atoms with Crippen molar-refractivity contribution in [1.82, 2.24) is 20.3 Å². The fraction of sp³-hybridized carbons (Fsp3) is 0.333. The summed E-state index contributed by atoms with van der Waals surface area (Å²) in [4.78, 5) is 29.5. The Hall–Kier alpha value is -3.89. The lowest BCUT2D eigenvalue weighted by atomic mass is 10.00. The van der Waals surface area contributed by atoms with Crippen molar-refractivity contribution >= 4 is 32.5 Å². The molecule has 1 atom stereocenters. The predicted octanol–water partition coefficient (Wildman–Crippen LogP) is 4.09. The van der Waals surface area contributed by atoms with Gasteiger partial charge in [-0.2, -0.15) is 0 Å². The number of sulfone groups is 1. The molecule has 0 aliphatic carbocycles. The number of aryl methyl sites for hydroxylation is 1. The fourth-order valence-electron chi connectivity index (χ4n) is 5.57. The summed E-state index contributed by atoms with van der Waals surface area (Å²) in [5.74, 6) is 0.557. The van der Waals surface area contributed by atoms with E-state index in [0.29, 0.717) is 11.3 Å². The molecular formula is C30H31N5O4S. The number of nitrogens with zero attached hydrogens (tertiary/aromatic N) is 4. The molecule has 10 heteroatoms. The van der Waals surface area contributed by atoms with Crippen LogP contribution >= 0.6 is 0 Å². The van der Waals surface area contributed by atoms with Crippen molar-refractivity contribution in [2.45, 2.75) is 43.2 Å². The van der Waals surface area contributed by atoms with Crippen LogP contribution in [0.25, 0.3) is 22.3 Å². The number of fused-ring (bicyclic) bond motifs is 1. The van der Waals surface area contributed by atoms with Crippen LogP contribution in [-0.2, 0) is 21.1 Å². The summed E-state index contributed by atoms with van der Waals surface area (Å²) in [6.07, 6.45) is 6.13. The van der Waals surface area contributed by atoms with Gasteiger partial charge >= 0.3 is 0 Å². The van der Waals surface area contributed by atoms with E-state index in [0.717, 1.165) is 73.3 Å². The summed E-state index contributed by atoms with van der Waals surface area (Å²) in [6.45, 7) is 4.53. The Morgan fingerprint density at radius 3 is 2.73 bits per heavy atom. The Labute approximate surface area is 233 Å². The summed E-state index contributed by atoms with van der Waals surface area (Å²) in [7, 11) is -3.43. The molecule has 1 aromatic carbocycles. The van der Waals surface area contributed by atoms with Gasteiger partial charge in [-0.05, 0) is 74.2 Å². The van der Waals surface area contributed by atoms with E-state index in [9.17, 15) is 13.2 Å². The first-order chi connectivity index (χ1) is 19.2. The van der Waals surface area contributed by atoms with E-state index in [2.05, 4.69) is 15.2 Å². The minimum absolute atomic E-state index is 0.0207. The number of nitrogens with one attached hydrogen (secondary N) is 1. The van der Waals surface area contributed by atoms with Gasteiger partial charge in [0.1, 0.15) is 5.82 Å². The smallest absolute Gasteiger partial charge is 0.251 e. The van der Waals surface area contributed by atoms with Crippen molar-refractivity contribution in [3.8, 4) is 11.4 Å². The monoisotopic (exact) mass is 557 g/mol. The van der Waals surface area contributed by atoms with Crippen LogP contribution < -0.4 is 10.2 Å². The van der Waals surface area contributed by atoms with Gasteiger partial charge < -0.3 is 15.0 Å². The molecule has 0 radical (unpaired) electrons. The quantitative estimate of drug-likeness (QED) is 0.377. The van der Waals surface area contributed by atoms with Crippen molar-refractivity contribution in [1.29, 1.82) is 0 Å². The second kappa shape index (κ2) is 10.3. The molecule has 3 aromatic heterocycles. The maximum Gasteiger partial charge on any atom is 0.251 e. The molecule has 6 rings (SSSR count). The highest BCUT2D eigenvalue weighted by atomic mass is 32.2. The maximum absolute atomic E-state index is 12.8. The molecule has 4 aromatic rings. The lowest BCUT2D eigenvalue weighted by molar-refractivity contribution is 0.0231. The average molecular weight is 558 g/mol. The van der Waals surface area contributed by atoms with Crippen molar-refractivity contribution in [3.63, 3.8) is 0 Å². The molecule has 2 fully saturated rings. The van der Waals surface area contributed by atoms with Crippen LogP contribution in [0.4, 0.5) is 5.82 Å². The van der Waals surface area contributed by atoms with E-state index in [1.807, 2.05) is 36.4 Å². The van der Waals surface area contributed by atoms with Crippen LogP contribution in [0, 0.1) is 6.92 Å². The van der Waals surface area contributed by atoms with Gasteiger partial charge in [0, 0.05) is 43.1 Å². The third-order valence-corrected chi connectivity index (χ3v) is 8.97. The number of carbonyl (C=O) groups excluding carboxylic acids is 1. The number of pyridine rings is 3. The topological polar surface area (TPSA) is 114 Å². The number of benzene rings is 1. The average Bonchev–Trinajstić information content (AvgIpc) is 3.60. The first-order valence-electron chi connectivity index (χ1n) is 13.4. The van der Waals surface area contributed by atoms with Crippen LogP contribution in [0.3, 0.4) is 0 Å². The number of aromatic nitrogens is 3. The molecule has 5 heterocycles. The molecule has 2 aliphatic rings. The largest absolute Gasteiger partial charge is 0.373 e. The van der Waals surface area contributed by atoms with Crippen LogP contribution in [0.2, 0.25) is 0 Å². The van der Waals surface area contributed by atoms with Crippen molar-refractivity contribution in [2.24, 2.45) is 0 Å². The third kappa shape index (κ3) is 5.29. The zero-order valence-electron chi connectivity index (χ0n) is 22.6. The number of anilines is 1. The molecule has 1 N–H and O–H groups in total. The van der Waals surface area contributed by atoms with Gasteiger partial charge in [-0.1, -0.05) is 12.1 Å². The van der Waals surface area contributed by atoms with Crippen molar-refractivity contribution < 1.29 is 17.9 Å². The first-order valence-corrected chi connectivity index (χ1v) is 15.3. The highest BCUT2D eigenvalue weighted by Crippen LogP contribution is 2.36. The zero-order chi connectivity index (χ0) is 27.9. The molecule has 9 nitrogen and oxygen atoms in total. The van der Waals surface area contributed by atoms with Gasteiger partial charge in [0.25, 0.3) is 5.91 Å². The van der Waals surface area contributed by atoms with E-state index in [1.165, 1.54) is 6.07 Å². The number of ether oxygens (including phenoxy) is 1. The van der Waals surface area contributed by atoms with Gasteiger partial charge in [0.05, 0.1) is 39.6 Å². The maximum atomic E-state index is 12.8. The zero-order valence-corrected chi connectivity index (χ0v) is 23.4. The van der Waals surface area contributed by atoms with Gasteiger partial charge in [-0.15, -0.1) is 0 Å². The van der Waals surface area contributed by atoms with Gasteiger partial charge in [0.15, 0.2) is 9.84 Å². The molecule has 1 spiro atoms. The number of rotatable bonds is 6. The molecule has 0 bridgehead atoms. The van der Waals surface area contributed by atoms with E-state index >= 15 is 0 Å². The first kappa shape index (κ1) is 26.3. The Kier molecular flexibility index (Phi) is 6.75. The summed E-state index contributed by atoms with van der Waals surface area (Å²) in [5, 5.41) is 3.71. The normalized spacial score (nSPS) is 19.0. The van der Waals surface area contributed by atoms with E-state index < -0.39 is 9.84 Å². The summed E-state index contributed by atoms with van der Waals surface area (Å²) < 4.78 is 30.2. The van der Waals surface area contributed by atoms with Crippen LogP contribution in [-0.4, -0.2) is 60.8 Å². The van der Waals surface area contributed by atoms with Gasteiger partial charge in [-0.25, -0.2) is 18.4 Å².